The van der Waals surface area contributed by atoms with Gasteiger partial charge in [0.25, 0.3) is 0 Å². The van der Waals surface area contributed by atoms with Crippen molar-refractivity contribution < 1.29 is 13.5 Å². The van der Waals surface area contributed by atoms with Gasteiger partial charge < -0.3 is 10.0 Å². The van der Waals surface area contributed by atoms with E-state index in [9.17, 15) is 13.5 Å². The molecule has 1 atom stereocenters. The van der Waals surface area contributed by atoms with E-state index >= 15 is 0 Å². The molecule has 0 bridgehead atoms. The number of anilines is 1. The maximum Gasteiger partial charge on any atom is 0.175 e. The highest BCUT2D eigenvalue weighted by atomic mass is 32.2. The molecule has 0 saturated carbocycles. The molecule has 6 nitrogen and oxygen atoms in total. The van der Waals surface area contributed by atoms with E-state index in [0.717, 1.165) is 24.3 Å². The van der Waals surface area contributed by atoms with Crippen molar-refractivity contribution in [2.24, 2.45) is 0 Å². The van der Waals surface area contributed by atoms with Gasteiger partial charge in [-0.1, -0.05) is 0 Å². The maximum atomic E-state index is 11.5. The van der Waals surface area contributed by atoms with E-state index in [1.165, 1.54) is 6.26 Å². The largest absolute Gasteiger partial charge is 0.391 e. The predicted molar refractivity (Wildman–Crippen MR) is 83.4 cm³/mol. The number of hydrogen-bond acceptors (Lipinski definition) is 6. The zero-order chi connectivity index (χ0) is 15.7. The van der Waals surface area contributed by atoms with Gasteiger partial charge >= 0.3 is 0 Å². The summed E-state index contributed by atoms with van der Waals surface area (Å²) < 4.78 is 23.0. The van der Waals surface area contributed by atoms with Crippen LogP contribution in [0.25, 0.3) is 11.4 Å². The van der Waals surface area contributed by atoms with Crippen molar-refractivity contribution >= 4 is 15.7 Å². The maximum absolute atomic E-state index is 11.5. The third-order valence-corrected chi connectivity index (χ3v) is 4.80. The van der Waals surface area contributed by atoms with Gasteiger partial charge in [0.15, 0.2) is 15.7 Å². The molecule has 1 fully saturated rings. The molecular formula is C15H17N3O3S. The van der Waals surface area contributed by atoms with Crippen LogP contribution in [0.15, 0.2) is 41.4 Å². The highest BCUT2D eigenvalue weighted by Gasteiger charge is 2.21. The van der Waals surface area contributed by atoms with Crippen molar-refractivity contribution in [3.63, 3.8) is 0 Å². The fraction of sp³-hybridized carbons (Fsp3) is 0.333. The third kappa shape index (κ3) is 3.10. The zero-order valence-corrected chi connectivity index (χ0v) is 13.0. The lowest BCUT2D eigenvalue weighted by molar-refractivity contribution is 0.198. The molecule has 2 heterocycles. The number of aliphatic hydroxyl groups excluding tert-OH is 1. The fourth-order valence-electron chi connectivity index (χ4n) is 2.47. The van der Waals surface area contributed by atoms with Crippen LogP contribution in [0.2, 0.25) is 0 Å². The molecular weight excluding hydrogens is 302 g/mol. The van der Waals surface area contributed by atoms with Crippen molar-refractivity contribution in [3.8, 4) is 11.4 Å². The number of hydrogen-bond donors (Lipinski definition) is 1. The second-order valence-electron chi connectivity index (χ2n) is 5.42. The monoisotopic (exact) mass is 319 g/mol. The summed E-state index contributed by atoms with van der Waals surface area (Å²) in [5.74, 6) is 1.31. The minimum atomic E-state index is -3.21. The first kappa shape index (κ1) is 14.9. The lowest BCUT2D eigenvalue weighted by Crippen LogP contribution is -2.22. The summed E-state index contributed by atoms with van der Waals surface area (Å²) in [5.41, 5.74) is 0.758. The van der Waals surface area contributed by atoms with Crippen LogP contribution >= 0.6 is 0 Å². The second kappa shape index (κ2) is 5.66. The van der Waals surface area contributed by atoms with Crippen LogP contribution in [0.4, 0.5) is 5.82 Å². The standard InChI is InChI=1S/C15H17N3O3S/c1-22(20,21)13-4-2-11(3-5-13)15-16-8-6-14(17-15)18-9-7-12(19)10-18/h2-6,8,12,19H,7,9-10H2,1H3/t12-/m1/s1. The van der Waals surface area contributed by atoms with Crippen molar-refractivity contribution in [2.75, 3.05) is 24.2 Å². The number of aromatic nitrogens is 2. The SMILES string of the molecule is CS(=O)(=O)c1ccc(-c2nccc(N3CC[C@@H](O)C3)n2)cc1. The number of nitrogens with zero attached hydrogens (tertiary/aromatic N) is 3. The number of aliphatic hydroxyl groups is 1. The normalized spacial score (nSPS) is 18.6. The molecule has 1 aliphatic rings. The van der Waals surface area contributed by atoms with Gasteiger partial charge in [0.1, 0.15) is 5.82 Å². The Kier molecular flexibility index (Phi) is 3.84. The predicted octanol–water partition coefficient (Wildman–Crippen LogP) is 1.12. The van der Waals surface area contributed by atoms with E-state index in [0.29, 0.717) is 12.4 Å². The summed E-state index contributed by atoms with van der Waals surface area (Å²) in [5, 5.41) is 9.61. The van der Waals surface area contributed by atoms with Gasteiger partial charge in [0.05, 0.1) is 11.0 Å². The van der Waals surface area contributed by atoms with E-state index in [-0.39, 0.29) is 11.0 Å². The summed E-state index contributed by atoms with van der Waals surface area (Å²) in [6, 6.07) is 8.33. The molecule has 0 aliphatic carbocycles. The molecule has 1 aromatic carbocycles. The molecule has 116 valence electrons. The number of β-amino-alcohol motifs (C(OH)–C–C–N with tert-alkyl or cyclic N) is 1. The van der Waals surface area contributed by atoms with Gasteiger partial charge in [-0.05, 0) is 36.8 Å². The Labute approximate surface area is 129 Å². The first-order chi connectivity index (χ1) is 10.4. The quantitative estimate of drug-likeness (QED) is 0.913. The summed E-state index contributed by atoms with van der Waals surface area (Å²) in [6.45, 7) is 1.34. The molecule has 0 radical (unpaired) electrons. The summed E-state index contributed by atoms with van der Waals surface area (Å²) >= 11 is 0. The van der Waals surface area contributed by atoms with Crippen LogP contribution in [-0.4, -0.2) is 48.9 Å². The van der Waals surface area contributed by atoms with Crippen LogP contribution in [0.5, 0.6) is 0 Å². The van der Waals surface area contributed by atoms with Crippen LogP contribution in [-0.2, 0) is 9.84 Å². The van der Waals surface area contributed by atoms with E-state index in [1.54, 1.807) is 30.5 Å². The van der Waals surface area contributed by atoms with Gasteiger partial charge in [-0.15, -0.1) is 0 Å². The Balaban J connectivity index is 1.89. The Morgan fingerprint density at radius 2 is 1.95 bits per heavy atom. The highest BCUT2D eigenvalue weighted by molar-refractivity contribution is 7.90. The molecule has 0 unspecified atom stereocenters. The summed E-state index contributed by atoms with van der Waals surface area (Å²) in [6.07, 6.45) is 3.28. The van der Waals surface area contributed by atoms with Gasteiger partial charge in [0, 0.05) is 31.1 Å². The highest BCUT2D eigenvalue weighted by Crippen LogP contribution is 2.22. The van der Waals surface area contributed by atoms with E-state index in [2.05, 4.69) is 9.97 Å². The number of benzene rings is 1. The van der Waals surface area contributed by atoms with E-state index < -0.39 is 9.84 Å². The van der Waals surface area contributed by atoms with Crippen LogP contribution in [0.1, 0.15) is 6.42 Å². The molecule has 1 aliphatic heterocycles. The molecule has 1 aromatic heterocycles. The van der Waals surface area contributed by atoms with Gasteiger partial charge in [-0.25, -0.2) is 18.4 Å². The number of rotatable bonds is 3. The van der Waals surface area contributed by atoms with Gasteiger partial charge in [-0.3, -0.25) is 0 Å². The van der Waals surface area contributed by atoms with Crippen molar-refractivity contribution in [1.29, 1.82) is 0 Å². The molecule has 3 rings (SSSR count). The molecule has 0 amide bonds. The Morgan fingerprint density at radius 1 is 1.23 bits per heavy atom. The van der Waals surface area contributed by atoms with Crippen molar-refractivity contribution in [1.82, 2.24) is 9.97 Å². The smallest absolute Gasteiger partial charge is 0.175 e. The first-order valence-corrected chi connectivity index (χ1v) is 8.89. The minimum absolute atomic E-state index is 0.273. The van der Waals surface area contributed by atoms with Crippen molar-refractivity contribution in [2.45, 2.75) is 17.4 Å². The average Bonchev–Trinajstić information content (AvgIpc) is 2.93. The Bertz CT molecular complexity index is 775. The first-order valence-electron chi connectivity index (χ1n) is 7.00. The fourth-order valence-corrected chi connectivity index (χ4v) is 3.10. The summed E-state index contributed by atoms with van der Waals surface area (Å²) in [4.78, 5) is 11.0. The van der Waals surface area contributed by atoms with Crippen LogP contribution in [0.3, 0.4) is 0 Å². The zero-order valence-electron chi connectivity index (χ0n) is 12.2. The minimum Gasteiger partial charge on any atom is -0.391 e. The lowest BCUT2D eigenvalue weighted by atomic mass is 10.2. The third-order valence-electron chi connectivity index (χ3n) is 3.67. The second-order valence-corrected chi connectivity index (χ2v) is 7.44. The average molecular weight is 319 g/mol. The Morgan fingerprint density at radius 3 is 2.55 bits per heavy atom. The lowest BCUT2D eigenvalue weighted by Gasteiger charge is -2.16. The van der Waals surface area contributed by atoms with Crippen LogP contribution < -0.4 is 4.90 Å². The van der Waals surface area contributed by atoms with Crippen LogP contribution in [0, 0.1) is 0 Å². The van der Waals surface area contributed by atoms with E-state index in [4.69, 9.17) is 0 Å². The molecule has 2 aromatic rings. The molecule has 1 N–H and O–H groups in total. The molecule has 1 saturated heterocycles. The number of sulfone groups is 1. The van der Waals surface area contributed by atoms with E-state index in [1.807, 2.05) is 11.0 Å². The van der Waals surface area contributed by atoms with Gasteiger partial charge in [0.2, 0.25) is 0 Å². The van der Waals surface area contributed by atoms with Gasteiger partial charge in [-0.2, -0.15) is 0 Å². The molecule has 7 heteroatoms. The summed E-state index contributed by atoms with van der Waals surface area (Å²) in [7, 11) is -3.21. The molecule has 22 heavy (non-hydrogen) atoms. The van der Waals surface area contributed by atoms with Crippen molar-refractivity contribution in [3.05, 3.63) is 36.5 Å². The Hall–Kier alpha value is -1.99. The molecule has 0 spiro atoms. The topological polar surface area (TPSA) is 83.4 Å².